The Morgan fingerprint density at radius 2 is 1.93 bits per heavy atom. The maximum atomic E-state index is 13.1. The molecule has 0 spiro atoms. The van der Waals surface area contributed by atoms with Gasteiger partial charge in [0, 0.05) is 38.3 Å². The van der Waals surface area contributed by atoms with E-state index in [2.05, 4.69) is 9.80 Å². The number of hydrogen-bond acceptors (Lipinski definition) is 5. The maximum absolute atomic E-state index is 13.1. The standard InChI is InChI=1S/C20H30ClN3O3S/c1-3-16(2)24(17-8-13-28(26,27)15-17)20(25)14-22-9-11-23(12-10-22)19-7-5-4-6-18(19)21/h4-7,16-17H,3,8-15H2,1-2H3/t16-,17+/m0/s1. The van der Waals surface area contributed by atoms with E-state index in [-0.39, 0.29) is 29.5 Å². The molecule has 0 aliphatic carbocycles. The van der Waals surface area contributed by atoms with Gasteiger partial charge in [-0.25, -0.2) is 8.42 Å². The van der Waals surface area contributed by atoms with Crippen molar-refractivity contribution in [1.29, 1.82) is 0 Å². The van der Waals surface area contributed by atoms with Gasteiger partial charge in [0.25, 0.3) is 0 Å². The van der Waals surface area contributed by atoms with E-state index in [1.165, 1.54) is 0 Å². The molecule has 2 saturated heterocycles. The van der Waals surface area contributed by atoms with Crippen LogP contribution in [0, 0.1) is 0 Å². The lowest BCUT2D eigenvalue weighted by atomic mass is 10.1. The molecule has 156 valence electrons. The SMILES string of the molecule is CC[C@H](C)N(C(=O)CN1CCN(c2ccccc2Cl)CC1)[C@@H]1CCS(=O)(=O)C1. The lowest BCUT2D eigenvalue weighted by Gasteiger charge is -2.39. The molecule has 2 fully saturated rings. The van der Waals surface area contributed by atoms with Gasteiger partial charge in [-0.1, -0.05) is 30.7 Å². The first-order valence-electron chi connectivity index (χ1n) is 10.0. The maximum Gasteiger partial charge on any atom is 0.237 e. The molecule has 0 N–H and O–H groups in total. The zero-order chi connectivity index (χ0) is 20.3. The third kappa shape index (κ3) is 4.99. The van der Waals surface area contributed by atoms with Crippen molar-refractivity contribution in [2.24, 2.45) is 0 Å². The molecule has 8 heteroatoms. The zero-order valence-electron chi connectivity index (χ0n) is 16.7. The van der Waals surface area contributed by atoms with Crippen LogP contribution >= 0.6 is 11.6 Å². The van der Waals surface area contributed by atoms with Gasteiger partial charge in [0.05, 0.1) is 28.8 Å². The van der Waals surface area contributed by atoms with Gasteiger partial charge >= 0.3 is 0 Å². The summed E-state index contributed by atoms with van der Waals surface area (Å²) in [7, 11) is -3.02. The van der Waals surface area contributed by atoms with Crippen molar-refractivity contribution in [3.8, 4) is 0 Å². The number of benzene rings is 1. The van der Waals surface area contributed by atoms with Crippen LogP contribution in [0.5, 0.6) is 0 Å². The van der Waals surface area contributed by atoms with Gasteiger partial charge in [0.1, 0.15) is 0 Å². The van der Waals surface area contributed by atoms with Crippen molar-refractivity contribution >= 4 is 33.0 Å². The summed E-state index contributed by atoms with van der Waals surface area (Å²) in [5.74, 6) is 0.334. The van der Waals surface area contributed by atoms with Crippen molar-refractivity contribution in [2.45, 2.75) is 38.8 Å². The average molecular weight is 428 g/mol. The van der Waals surface area contributed by atoms with Crippen LogP contribution in [-0.4, -0.2) is 80.4 Å². The largest absolute Gasteiger partial charge is 0.368 e. The zero-order valence-corrected chi connectivity index (χ0v) is 18.3. The summed E-state index contributed by atoms with van der Waals surface area (Å²) in [5, 5.41) is 0.748. The van der Waals surface area contributed by atoms with Crippen LogP contribution in [0.3, 0.4) is 0 Å². The summed E-state index contributed by atoms with van der Waals surface area (Å²) in [4.78, 5) is 19.3. The molecule has 2 atom stereocenters. The van der Waals surface area contributed by atoms with Gasteiger partial charge in [-0.15, -0.1) is 0 Å². The first kappa shape index (κ1) is 21.4. The number of hydrogen-bond donors (Lipinski definition) is 0. The lowest BCUT2D eigenvalue weighted by Crippen LogP contribution is -2.53. The molecular formula is C20H30ClN3O3S. The smallest absolute Gasteiger partial charge is 0.237 e. The Balaban J connectivity index is 1.59. The van der Waals surface area contributed by atoms with Gasteiger partial charge < -0.3 is 9.80 Å². The predicted octanol–water partition coefficient (Wildman–Crippen LogP) is 2.28. The molecule has 28 heavy (non-hydrogen) atoms. The number of carbonyl (C=O) groups is 1. The Bertz CT molecular complexity index is 794. The van der Waals surface area contributed by atoms with Crippen LogP contribution in [0.15, 0.2) is 24.3 Å². The van der Waals surface area contributed by atoms with Crippen molar-refractivity contribution in [1.82, 2.24) is 9.80 Å². The molecule has 6 nitrogen and oxygen atoms in total. The predicted molar refractivity (Wildman–Crippen MR) is 114 cm³/mol. The summed E-state index contributed by atoms with van der Waals surface area (Å²) >= 11 is 6.30. The highest BCUT2D eigenvalue weighted by Gasteiger charge is 2.37. The van der Waals surface area contributed by atoms with Crippen molar-refractivity contribution in [3.63, 3.8) is 0 Å². The number of sulfone groups is 1. The molecule has 3 rings (SSSR count). The first-order chi connectivity index (χ1) is 13.3. The molecule has 0 aromatic heterocycles. The van der Waals surface area contributed by atoms with Crippen molar-refractivity contribution in [3.05, 3.63) is 29.3 Å². The number of rotatable bonds is 6. The van der Waals surface area contributed by atoms with E-state index in [0.717, 1.165) is 43.3 Å². The number of nitrogens with zero attached hydrogens (tertiary/aromatic N) is 3. The van der Waals surface area contributed by atoms with E-state index in [4.69, 9.17) is 11.6 Å². The van der Waals surface area contributed by atoms with Gasteiger partial charge in [-0.2, -0.15) is 0 Å². The van der Waals surface area contributed by atoms with E-state index >= 15 is 0 Å². The molecular weight excluding hydrogens is 398 g/mol. The number of carbonyl (C=O) groups excluding carboxylic acids is 1. The van der Waals surface area contributed by atoms with Crippen LogP contribution < -0.4 is 4.90 Å². The number of anilines is 1. The summed E-state index contributed by atoms with van der Waals surface area (Å²) in [6.45, 7) is 7.60. The topological polar surface area (TPSA) is 60.9 Å². The first-order valence-corrected chi connectivity index (χ1v) is 12.2. The van der Waals surface area contributed by atoms with E-state index in [9.17, 15) is 13.2 Å². The Morgan fingerprint density at radius 3 is 2.50 bits per heavy atom. The molecule has 1 amide bonds. The fraction of sp³-hybridized carbons (Fsp3) is 0.650. The molecule has 2 heterocycles. The lowest BCUT2D eigenvalue weighted by molar-refractivity contribution is -0.136. The summed E-state index contributed by atoms with van der Waals surface area (Å²) in [5.41, 5.74) is 1.03. The molecule has 0 unspecified atom stereocenters. The van der Waals surface area contributed by atoms with E-state index in [1.807, 2.05) is 43.0 Å². The fourth-order valence-electron chi connectivity index (χ4n) is 4.13. The number of para-hydroxylation sites is 1. The Hall–Kier alpha value is -1.31. The van der Waals surface area contributed by atoms with Crippen molar-refractivity contribution < 1.29 is 13.2 Å². The summed E-state index contributed by atoms with van der Waals surface area (Å²) < 4.78 is 23.8. The minimum Gasteiger partial charge on any atom is -0.368 e. The van der Waals surface area contributed by atoms with E-state index in [0.29, 0.717) is 13.0 Å². The Kier molecular flexibility index (Phi) is 6.89. The monoisotopic (exact) mass is 427 g/mol. The summed E-state index contributed by atoms with van der Waals surface area (Å²) in [6, 6.07) is 7.69. The number of halogens is 1. The van der Waals surface area contributed by atoms with E-state index in [1.54, 1.807) is 0 Å². The van der Waals surface area contributed by atoms with Gasteiger partial charge in [-0.05, 0) is 31.9 Å². The van der Waals surface area contributed by atoms with Crippen LogP contribution in [-0.2, 0) is 14.6 Å². The molecule has 2 aliphatic heterocycles. The Labute approximate surface area is 173 Å². The Morgan fingerprint density at radius 1 is 1.25 bits per heavy atom. The van der Waals surface area contributed by atoms with Crippen LogP contribution in [0.1, 0.15) is 26.7 Å². The summed E-state index contributed by atoms with van der Waals surface area (Å²) in [6.07, 6.45) is 1.38. The highest BCUT2D eigenvalue weighted by atomic mass is 35.5. The minimum absolute atomic E-state index is 0.0441. The minimum atomic E-state index is -3.02. The number of piperazine rings is 1. The second-order valence-corrected chi connectivity index (χ2v) is 10.5. The van der Waals surface area contributed by atoms with Gasteiger partial charge in [-0.3, -0.25) is 9.69 Å². The van der Waals surface area contributed by atoms with Crippen LogP contribution in [0.25, 0.3) is 0 Å². The highest BCUT2D eigenvalue weighted by molar-refractivity contribution is 7.91. The fourth-order valence-corrected chi connectivity index (χ4v) is 6.10. The van der Waals surface area contributed by atoms with Crippen LogP contribution in [0.2, 0.25) is 5.02 Å². The van der Waals surface area contributed by atoms with E-state index < -0.39 is 9.84 Å². The molecule has 0 saturated carbocycles. The third-order valence-electron chi connectivity index (χ3n) is 5.88. The third-order valence-corrected chi connectivity index (χ3v) is 7.95. The van der Waals surface area contributed by atoms with Gasteiger partial charge in [0.15, 0.2) is 9.84 Å². The number of amides is 1. The normalized spacial score (nSPS) is 23.5. The van der Waals surface area contributed by atoms with Crippen LogP contribution in [0.4, 0.5) is 5.69 Å². The average Bonchev–Trinajstić information content (AvgIpc) is 3.02. The molecule has 2 aliphatic rings. The molecule has 1 aromatic rings. The quantitative estimate of drug-likeness (QED) is 0.697. The second kappa shape index (κ2) is 9.01. The molecule has 0 bridgehead atoms. The highest BCUT2D eigenvalue weighted by Crippen LogP contribution is 2.26. The van der Waals surface area contributed by atoms with Gasteiger partial charge in [0.2, 0.25) is 5.91 Å². The second-order valence-electron chi connectivity index (χ2n) is 7.83. The van der Waals surface area contributed by atoms with Crippen molar-refractivity contribution in [2.75, 3.05) is 49.1 Å². The molecule has 0 radical (unpaired) electrons. The molecule has 1 aromatic carbocycles.